The van der Waals surface area contributed by atoms with Crippen LogP contribution < -0.4 is 5.32 Å². The van der Waals surface area contributed by atoms with Crippen molar-refractivity contribution < 1.29 is 4.74 Å². The van der Waals surface area contributed by atoms with Gasteiger partial charge in [0.2, 0.25) is 0 Å². The number of nitrogens with one attached hydrogen (secondary N) is 1. The molecule has 2 heteroatoms. The molecule has 0 radical (unpaired) electrons. The maximum atomic E-state index is 5.50. The summed E-state index contributed by atoms with van der Waals surface area (Å²) in [7, 11) is 2.02. The van der Waals surface area contributed by atoms with Gasteiger partial charge in [-0.25, -0.2) is 0 Å². The maximum Gasteiger partial charge on any atom is 0.0586 e. The Bertz CT molecular complexity index is 384. The molecule has 1 heterocycles. The fraction of sp³-hybridized carbons (Fsp3) is 0.600. The van der Waals surface area contributed by atoms with Gasteiger partial charge in [0.25, 0.3) is 0 Å². The van der Waals surface area contributed by atoms with E-state index in [2.05, 4.69) is 38.2 Å². The van der Waals surface area contributed by atoms with Gasteiger partial charge in [-0.05, 0) is 57.5 Å². The summed E-state index contributed by atoms with van der Waals surface area (Å²) in [6, 6.07) is 4.59. The third-order valence-corrected chi connectivity index (χ3v) is 3.82. The minimum Gasteiger partial charge on any atom is -0.379 e. The lowest BCUT2D eigenvalue weighted by Crippen LogP contribution is -2.49. The second-order valence-electron chi connectivity index (χ2n) is 5.40. The van der Waals surface area contributed by atoms with Crippen LogP contribution in [-0.4, -0.2) is 26.8 Å². The Morgan fingerprint density at radius 2 is 1.76 bits per heavy atom. The average molecular weight is 233 g/mol. The second kappa shape index (κ2) is 4.79. The van der Waals surface area contributed by atoms with Crippen LogP contribution >= 0.6 is 0 Å². The number of hydrogen-bond acceptors (Lipinski definition) is 2. The van der Waals surface area contributed by atoms with Crippen molar-refractivity contribution in [3.8, 4) is 0 Å². The van der Waals surface area contributed by atoms with Gasteiger partial charge in [0, 0.05) is 5.41 Å². The predicted octanol–water partition coefficient (Wildman–Crippen LogP) is 2.49. The Hall–Kier alpha value is -0.860. The molecule has 1 aliphatic rings. The fourth-order valence-corrected chi connectivity index (χ4v) is 3.14. The molecule has 0 amide bonds. The van der Waals surface area contributed by atoms with Gasteiger partial charge < -0.3 is 10.1 Å². The van der Waals surface area contributed by atoms with E-state index in [0.29, 0.717) is 0 Å². The van der Waals surface area contributed by atoms with Crippen molar-refractivity contribution in [2.75, 3.05) is 26.8 Å². The molecule has 0 saturated carbocycles. The summed E-state index contributed by atoms with van der Waals surface area (Å²) >= 11 is 0. The van der Waals surface area contributed by atoms with Crippen LogP contribution in [0.4, 0.5) is 0 Å². The summed E-state index contributed by atoms with van der Waals surface area (Å²) in [6.45, 7) is 9.43. The van der Waals surface area contributed by atoms with Crippen molar-refractivity contribution in [2.45, 2.75) is 32.6 Å². The van der Waals surface area contributed by atoms with E-state index in [4.69, 9.17) is 4.74 Å². The van der Waals surface area contributed by atoms with E-state index < -0.39 is 0 Å². The lowest BCUT2D eigenvalue weighted by Gasteiger charge is -2.44. The van der Waals surface area contributed by atoms with Crippen molar-refractivity contribution in [1.29, 1.82) is 0 Å². The molecule has 0 aromatic heterocycles. The standard InChI is InChI=1S/C15H23NO/c1-11-7-12(2)14(13(3)8-11)15(5-6-16-4)9-17-10-15/h7-8,16H,5-6,9-10H2,1-4H3. The fourth-order valence-electron chi connectivity index (χ4n) is 3.14. The second-order valence-corrected chi connectivity index (χ2v) is 5.40. The van der Waals surface area contributed by atoms with E-state index in [9.17, 15) is 0 Å². The Morgan fingerprint density at radius 3 is 2.18 bits per heavy atom. The maximum absolute atomic E-state index is 5.50. The van der Waals surface area contributed by atoms with Crippen LogP contribution in [0.15, 0.2) is 12.1 Å². The molecule has 1 aromatic rings. The van der Waals surface area contributed by atoms with Crippen molar-refractivity contribution in [3.05, 3.63) is 34.4 Å². The van der Waals surface area contributed by atoms with Crippen LogP contribution in [0.5, 0.6) is 0 Å². The lowest BCUT2D eigenvalue weighted by atomic mass is 9.72. The first kappa shape index (κ1) is 12.6. The topological polar surface area (TPSA) is 21.3 Å². The minimum absolute atomic E-state index is 0.255. The molecule has 0 atom stereocenters. The quantitative estimate of drug-likeness (QED) is 0.862. The van der Waals surface area contributed by atoms with Gasteiger partial charge in [0.15, 0.2) is 0 Å². The molecule has 0 unspecified atom stereocenters. The summed E-state index contributed by atoms with van der Waals surface area (Å²) in [5.41, 5.74) is 5.96. The van der Waals surface area contributed by atoms with Crippen LogP contribution in [-0.2, 0) is 10.2 Å². The van der Waals surface area contributed by atoms with Gasteiger partial charge in [-0.3, -0.25) is 0 Å². The molecule has 0 bridgehead atoms. The van der Waals surface area contributed by atoms with E-state index in [0.717, 1.165) is 26.2 Å². The molecule has 2 nitrogen and oxygen atoms in total. The average Bonchev–Trinajstić information content (AvgIpc) is 2.19. The zero-order chi connectivity index (χ0) is 12.5. The van der Waals surface area contributed by atoms with E-state index in [1.807, 2.05) is 7.05 Å². The largest absolute Gasteiger partial charge is 0.379 e. The van der Waals surface area contributed by atoms with Crippen LogP contribution in [0.1, 0.15) is 28.7 Å². The number of hydrogen-bond donors (Lipinski definition) is 1. The summed E-state index contributed by atoms with van der Waals surface area (Å²) in [5.74, 6) is 0. The first-order valence-electron chi connectivity index (χ1n) is 6.40. The number of rotatable bonds is 4. The molecule has 0 aliphatic carbocycles. The molecule has 2 rings (SSSR count). The monoisotopic (exact) mass is 233 g/mol. The van der Waals surface area contributed by atoms with Gasteiger partial charge >= 0.3 is 0 Å². The summed E-state index contributed by atoms with van der Waals surface area (Å²) in [6.07, 6.45) is 1.16. The van der Waals surface area contributed by atoms with E-state index in [-0.39, 0.29) is 5.41 Å². The van der Waals surface area contributed by atoms with Crippen molar-refractivity contribution in [2.24, 2.45) is 0 Å². The van der Waals surface area contributed by atoms with Crippen molar-refractivity contribution >= 4 is 0 Å². The number of benzene rings is 1. The van der Waals surface area contributed by atoms with Gasteiger partial charge in [0.1, 0.15) is 0 Å². The number of aryl methyl sites for hydroxylation is 3. The third-order valence-electron chi connectivity index (χ3n) is 3.82. The van der Waals surface area contributed by atoms with E-state index in [1.165, 1.54) is 22.3 Å². The zero-order valence-electron chi connectivity index (χ0n) is 11.4. The van der Waals surface area contributed by atoms with Crippen LogP contribution in [0.25, 0.3) is 0 Å². The molecule has 1 aromatic carbocycles. The summed E-state index contributed by atoms with van der Waals surface area (Å²) in [5, 5.41) is 3.26. The highest BCUT2D eigenvalue weighted by atomic mass is 16.5. The van der Waals surface area contributed by atoms with E-state index >= 15 is 0 Å². The Kier molecular flexibility index (Phi) is 3.55. The molecule has 1 N–H and O–H groups in total. The molecule has 17 heavy (non-hydrogen) atoms. The van der Waals surface area contributed by atoms with Crippen LogP contribution in [0, 0.1) is 20.8 Å². The molecule has 0 spiro atoms. The Balaban J connectivity index is 2.37. The first-order chi connectivity index (χ1) is 8.09. The highest BCUT2D eigenvalue weighted by Gasteiger charge is 2.41. The first-order valence-corrected chi connectivity index (χ1v) is 6.40. The molecule has 94 valence electrons. The lowest BCUT2D eigenvalue weighted by molar-refractivity contribution is -0.0644. The predicted molar refractivity (Wildman–Crippen MR) is 71.7 cm³/mol. The van der Waals surface area contributed by atoms with Gasteiger partial charge in [-0.15, -0.1) is 0 Å². The molecular weight excluding hydrogens is 210 g/mol. The van der Waals surface area contributed by atoms with Gasteiger partial charge in [0.05, 0.1) is 13.2 Å². The van der Waals surface area contributed by atoms with Gasteiger partial charge in [-0.1, -0.05) is 17.7 Å². The smallest absolute Gasteiger partial charge is 0.0586 e. The minimum atomic E-state index is 0.255. The van der Waals surface area contributed by atoms with Crippen molar-refractivity contribution in [1.82, 2.24) is 5.32 Å². The SMILES string of the molecule is CNCCC1(c2c(C)cc(C)cc2C)COC1. The molecular formula is C15H23NO. The molecule has 1 aliphatic heterocycles. The Labute approximate surface area is 104 Å². The van der Waals surface area contributed by atoms with Crippen LogP contribution in [0.2, 0.25) is 0 Å². The van der Waals surface area contributed by atoms with Gasteiger partial charge in [-0.2, -0.15) is 0 Å². The van der Waals surface area contributed by atoms with Crippen molar-refractivity contribution in [3.63, 3.8) is 0 Å². The Morgan fingerprint density at radius 1 is 1.18 bits per heavy atom. The summed E-state index contributed by atoms with van der Waals surface area (Å²) < 4.78 is 5.50. The summed E-state index contributed by atoms with van der Waals surface area (Å²) in [4.78, 5) is 0. The highest BCUT2D eigenvalue weighted by molar-refractivity contribution is 5.44. The van der Waals surface area contributed by atoms with Crippen LogP contribution in [0.3, 0.4) is 0 Å². The highest BCUT2D eigenvalue weighted by Crippen LogP contribution is 2.39. The normalized spacial score (nSPS) is 17.9. The third kappa shape index (κ3) is 2.24. The zero-order valence-corrected chi connectivity index (χ0v) is 11.4. The van der Waals surface area contributed by atoms with E-state index in [1.54, 1.807) is 0 Å². The molecule has 1 fully saturated rings. The molecule has 1 saturated heterocycles. The number of ether oxygens (including phenoxy) is 1.